The maximum atomic E-state index is 12.6. The molecule has 3 heterocycles. The van der Waals surface area contributed by atoms with Gasteiger partial charge in [-0.3, -0.25) is 9.67 Å². The van der Waals surface area contributed by atoms with E-state index < -0.39 is 10.0 Å². The fourth-order valence-corrected chi connectivity index (χ4v) is 4.05. The van der Waals surface area contributed by atoms with Crippen LogP contribution in [0.3, 0.4) is 0 Å². The second-order valence-electron chi connectivity index (χ2n) is 5.11. The van der Waals surface area contributed by atoms with Crippen molar-refractivity contribution in [1.29, 1.82) is 0 Å². The van der Waals surface area contributed by atoms with Crippen LogP contribution in [-0.2, 0) is 17.1 Å². The topological polar surface area (TPSA) is 117 Å². The number of sulfonamides is 1. The molecule has 1 saturated heterocycles. The number of hydrogen-bond acceptors (Lipinski definition) is 5. The average Bonchev–Trinajstić information content (AvgIpc) is 3.08. The molecule has 1 unspecified atom stereocenters. The zero-order chi connectivity index (χ0) is 15.0. The Morgan fingerprint density at radius 3 is 2.86 bits per heavy atom. The van der Waals surface area contributed by atoms with Crippen LogP contribution in [0.2, 0.25) is 0 Å². The van der Waals surface area contributed by atoms with Gasteiger partial charge >= 0.3 is 5.69 Å². The summed E-state index contributed by atoms with van der Waals surface area (Å²) in [5.41, 5.74) is -0.378. The van der Waals surface area contributed by atoms with Gasteiger partial charge in [-0.25, -0.2) is 18.3 Å². The van der Waals surface area contributed by atoms with Crippen molar-refractivity contribution in [2.75, 3.05) is 13.1 Å². The summed E-state index contributed by atoms with van der Waals surface area (Å²) >= 11 is 0. The summed E-state index contributed by atoms with van der Waals surface area (Å²) in [5, 5.41) is 10.1. The number of aryl methyl sites for hydroxylation is 1. The highest BCUT2D eigenvalue weighted by Crippen LogP contribution is 2.27. The molecular weight excluding hydrogens is 296 g/mol. The molecule has 3 rings (SSSR count). The largest absolute Gasteiger partial charge is 0.340 e. The molecule has 2 N–H and O–H groups in total. The standard InChI is InChI=1S/C11H16N6O3S/c1-16-7-9(5-12-16)21(19,20)17-4-2-3-8(6-17)10-13-11(18)15-14-10/h5,7-8H,2-4,6H2,1H3,(H2,13,14,15,18). The van der Waals surface area contributed by atoms with E-state index in [4.69, 9.17) is 0 Å². The number of nitrogens with one attached hydrogen (secondary N) is 2. The van der Waals surface area contributed by atoms with Crippen LogP contribution in [0.15, 0.2) is 22.1 Å². The van der Waals surface area contributed by atoms with Crippen molar-refractivity contribution in [3.8, 4) is 0 Å². The molecule has 1 aliphatic heterocycles. The van der Waals surface area contributed by atoms with E-state index in [9.17, 15) is 13.2 Å². The van der Waals surface area contributed by atoms with Gasteiger partial charge in [0.15, 0.2) is 0 Å². The molecule has 1 atom stereocenters. The molecule has 0 amide bonds. The third kappa shape index (κ3) is 2.63. The van der Waals surface area contributed by atoms with Crippen molar-refractivity contribution in [3.05, 3.63) is 28.7 Å². The van der Waals surface area contributed by atoms with E-state index >= 15 is 0 Å². The highest BCUT2D eigenvalue weighted by Gasteiger charge is 2.32. The molecule has 1 fully saturated rings. The number of hydrogen-bond donors (Lipinski definition) is 2. The third-order valence-corrected chi connectivity index (χ3v) is 5.43. The van der Waals surface area contributed by atoms with Crippen molar-refractivity contribution < 1.29 is 8.42 Å². The highest BCUT2D eigenvalue weighted by molar-refractivity contribution is 7.89. The smallest absolute Gasteiger partial charge is 0.293 e. The van der Waals surface area contributed by atoms with Gasteiger partial charge in [0.1, 0.15) is 10.7 Å². The molecule has 114 valence electrons. The highest BCUT2D eigenvalue weighted by atomic mass is 32.2. The Hall–Kier alpha value is -1.94. The first-order valence-corrected chi connectivity index (χ1v) is 8.04. The lowest BCUT2D eigenvalue weighted by atomic mass is 9.99. The summed E-state index contributed by atoms with van der Waals surface area (Å²) in [6.07, 6.45) is 4.34. The van der Waals surface area contributed by atoms with Gasteiger partial charge in [-0.1, -0.05) is 0 Å². The predicted molar refractivity (Wildman–Crippen MR) is 73.2 cm³/mol. The molecule has 0 spiro atoms. The number of H-pyrrole nitrogens is 2. The SMILES string of the molecule is Cn1cc(S(=O)(=O)N2CCCC(c3n[nH]c(=O)[nH]3)C2)cn1. The van der Waals surface area contributed by atoms with Crippen LogP contribution in [0.5, 0.6) is 0 Å². The van der Waals surface area contributed by atoms with Crippen LogP contribution in [0.25, 0.3) is 0 Å². The van der Waals surface area contributed by atoms with E-state index in [0.717, 1.165) is 12.8 Å². The minimum atomic E-state index is -3.56. The van der Waals surface area contributed by atoms with Crippen molar-refractivity contribution in [3.63, 3.8) is 0 Å². The van der Waals surface area contributed by atoms with E-state index in [1.807, 2.05) is 0 Å². The van der Waals surface area contributed by atoms with E-state index in [0.29, 0.717) is 18.9 Å². The van der Waals surface area contributed by atoms with E-state index in [2.05, 4.69) is 20.3 Å². The Kier molecular flexibility index (Phi) is 3.41. The first-order valence-electron chi connectivity index (χ1n) is 6.60. The van der Waals surface area contributed by atoms with Crippen LogP contribution in [-0.4, -0.2) is 50.8 Å². The van der Waals surface area contributed by atoms with Crippen LogP contribution in [0.1, 0.15) is 24.6 Å². The quantitative estimate of drug-likeness (QED) is 0.785. The Balaban J connectivity index is 1.84. The monoisotopic (exact) mass is 312 g/mol. The summed E-state index contributed by atoms with van der Waals surface area (Å²) in [6, 6.07) is 0. The molecule has 10 heteroatoms. The van der Waals surface area contributed by atoms with E-state index in [1.165, 1.54) is 21.4 Å². The van der Waals surface area contributed by atoms with Gasteiger partial charge in [-0.2, -0.15) is 14.5 Å². The first kappa shape index (κ1) is 14.0. The van der Waals surface area contributed by atoms with Gasteiger partial charge in [0.2, 0.25) is 10.0 Å². The lowest BCUT2D eigenvalue weighted by Crippen LogP contribution is -2.39. The molecule has 0 radical (unpaired) electrons. The summed E-state index contributed by atoms with van der Waals surface area (Å²) < 4.78 is 28.0. The fraction of sp³-hybridized carbons (Fsp3) is 0.545. The molecular formula is C11H16N6O3S. The van der Waals surface area contributed by atoms with Gasteiger partial charge < -0.3 is 0 Å². The number of piperidine rings is 1. The van der Waals surface area contributed by atoms with E-state index in [1.54, 1.807) is 7.05 Å². The van der Waals surface area contributed by atoms with Crippen molar-refractivity contribution >= 4 is 10.0 Å². The van der Waals surface area contributed by atoms with Crippen molar-refractivity contribution in [2.24, 2.45) is 7.05 Å². The molecule has 0 aromatic carbocycles. The normalized spacial score (nSPS) is 20.7. The molecule has 21 heavy (non-hydrogen) atoms. The lowest BCUT2D eigenvalue weighted by molar-refractivity contribution is 0.309. The number of nitrogens with zero attached hydrogens (tertiary/aromatic N) is 4. The summed E-state index contributed by atoms with van der Waals surface area (Å²) in [5.74, 6) is 0.398. The summed E-state index contributed by atoms with van der Waals surface area (Å²) in [4.78, 5) is 13.9. The summed E-state index contributed by atoms with van der Waals surface area (Å²) in [6.45, 7) is 0.764. The molecule has 0 aliphatic carbocycles. The summed E-state index contributed by atoms with van der Waals surface area (Å²) in [7, 11) is -1.88. The van der Waals surface area contributed by atoms with Crippen molar-refractivity contribution in [2.45, 2.75) is 23.7 Å². The minimum absolute atomic E-state index is 0.107. The Morgan fingerprint density at radius 2 is 2.24 bits per heavy atom. The zero-order valence-electron chi connectivity index (χ0n) is 11.5. The second-order valence-corrected chi connectivity index (χ2v) is 7.05. The Labute approximate surface area is 121 Å². The molecule has 2 aromatic rings. The zero-order valence-corrected chi connectivity index (χ0v) is 12.3. The maximum absolute atomic E-state index is 12.6. The third-order valence-electron chi connectivity index (χ3n) is 3.61. The Morgan fingerprint density at radius 1 is 1.43 bits per heavy atom. The van der Waals surface area contributed by atoms with Crippen molar-refractivity contribution in [1.82, 2.24) is 29.3 Å². The van der Waals surface area contributed by atoms with Gasteiger partial charge in [-0.15, -0.1) is 0 Å². The molecule has 0 bridgehead atoms. The maximum Gasteiger partial charge on any atom is 0.340 e. The van der Waals surface area contributed by atoms with Crippen LogP contribution in [0, 0.1) is 0 Å². The fourth-order valence-electron chi connectivity index (χ4n) is 2.54. The molecule has 0 saturated carbocycles. The Bertz CT molecular complexity index is 789. The lowest BCUT2D eigenvalue weighted by Gasteiger charge is -2.30. The van der Waals surface area contributed by atoms with Gasteiger partial charge in [0, 0.05) is 32.3 Å². The predicted octanol–water partition coefficient (Wildman–Crippen LogP) is -0.600. The molecule has 1 aliphatic rings. The van der Waals surface area contributed by atoms with Gasteiger partial charge in [0.05, 0.1) is 6.20 Å². The van der Waals surface area contributed by atoms with Crippen LogP contribution >= 0.6 is 0 Å². The van der Waals surface area contributed by atoms with Crippen LogP contribution in [0.4, 0.5) is 0 Å². The molecule has 9 nitrogen and oxygen atoms in total. The van der Waals surface area contributed by atoms with E-state index in [-0.39, 0.29) is 16.5 Å². The van der Waals surface area contributed by atoms with Crippen LogP contribution < -0.4 is 5.69 Å². The number of aromatic amines is 2. The number of rotatable bonds is 3. The molecule has 2 aromatic heterocycles. The van der Waals surface area contributed by atoms with Gasteiger partial charge in [0.25, 0.3) is 0 Å². The van der Waals surface area contributed by atoms with Gasteiger partial charge in [-0.05, 0) is 12.8 Å². The first-order chi connectivity index (χ1) is 9.96. The minimum Gasteiger partial charge on any atom is -0.293 e. The average molecular weight is 312 g/mol. The second kappa shape index (κ2) is 5.11. The number of aromatic nitrogens is 5.